The van der Waals surface area contributed by atoms with Crippen LogP contribution in [0.25, 0.3) is 0 Å². The Morgan fingerprint density at radius 1 is 0.875 bits per heavy atom. The maximum Gasteiger partial charge on any atom is 0.0700 e. The Kier molecular flexibility index (Phi) is 14.6. The van der Waals surface area contributed by atoms with Crippen LogP contribution in [0.3, 0.4) is 0 Å². The Balaban J connectivity index is 2.83. The second kappa shape index (κ2) is 14.8. The molecule has 0 spiro atoms. The molecule has 0 aromatic heterocycles. The summed E-state index contributed by atoms with van der Waals surface area (Å²) in [7, 11) is 1.67. The third kappa shape index (κ3) is 13.8. The first-order valence-electron chi connectivity index (χ1n) is 5.87. The predicted octanol–water partition coefficient (Wildman–Crippen LogP) is 0.0281. The van der Waals surface area contributed by atoms with Crippen molar-refractivity contribution in [1.82, 2.24) is 5.32 Å². The average Bonchev–Trinajstić information content (AvgIpc) is 2.31. The number of methoxy groups -OCH3 is 1. The zero-order chi connectivity index (χ0) is 11.9. The van der Waals surface area contributed by atoms with Crippen LogP contribution < -0.4 is 5.32 Å². The van der Waals surface area contributed by atoms with Crippen LogP contribution in [-0.2, 0) is 14.2 Å². The van der Waals surface area contributed by atoms with E-state index in [9.17, 15) is 0 Å². The Morgan fingerprint density at radius 3 is 2.06 bits per heavy atom. The van der Waals surface area contributed by atoms with Crippen LogP contribution in [0, 0.1) is 0 Å². The number of aliphatic hydroxyl groups excluding tert-OH is 1. The molecule has 0 aromatic carbocycles. The molecule has 0 bridgehead atoms. The molecule has 0 aliphatic rings. The maximum atomic E-state index is 8.46. The molecule has 2 N–H and O–H groups in total. The molecule has 5 heteroatoms. The summed E-state index contributed by atoms with van der Waals surface area (Å²) in [5.41, 5.74) is 0. The molecule has 0 unspecified atom stereocenters. The van der Waals surface area contributed by atoms with Crippen LogP contribution >= 0.6 is 0 Å². The molecule has 5 nitrogen and oxygen atoms in total. The van der Waals surface area contributed by atoms with Crippen LogP contribution in [0.15, 0.2) is 0 Å². The first-order chi connectivity index (χ1) is 7.91. The van der Waals surface area contributed by atoms with Gasteiger partial charge in [-0.05, 0) is 25.9 Å². The lowest BCUT2D eigenvalue weighted by Crippen LogP contribution is -2.20. The van der Waals surface area contributed by atoms with Crippen molar-refractivity contribution < 1.29 is 19.3 Å². The molecule has 16 heavy (non-hydrogen) atoms. The highest BCUT2D eigenvalue weighted by molar-refractivity contribution is 4.47. The SMILES string of the molecule is COCCOCCCNCCCOCCO. The van der Waals surface area contributed by atoms with E-state index in [1.54, 1.807) is 7.11 Å². The van der Waals surface area contributed by atoms with Gasteiger partial charge in [0.05, 0.1) is 26.4 Å². The molecular formula is C11H25NO4. The lowest BCUT2D eigenvalue weighted by atomic mass is 10.4. The third-order valence-electron chi connectivity index (χ3n) is 1.95. The molecule has 0 rings (SSSR count). The van der Waals surface area contributed by atoms with Gasteiger partial charge in [-0.1, -0.05) is 0 Å². The minimum Gasteiger partial charge on any atom is -0.394 e. The van der Waals surface area contributed by atoms with E-state index < -0.39 is 0 Å². The molecule has 0 aliphatic heterocycles. The number of aliphatic hydroxyl groups is 1. The maximum absolute atomic E-state index is 8.46. The van der Waals surface area contributed by atoms with Crippen molar-refractivity contribution in [3.05, 3.63) is 0 Å². The molecule has 0 saturated carbocycles. The summed E-state index contributed by atoms with van der Waals surface area (Å²) in [4.78, 5) is 0. The summed E-state index contributed by atoms with van der Waals surface area (Å²) < 4.78 is 15.3. The van der Waals surface area contributed by atoms with Crippen molar-refractivity contribution in [2.24, 2.45) is 0 Å². The van der Waals surface area contributed by atoms with Gasteiger partial charge in [-0.15, -0.1) is 0 Å². The van der Waals surface area contributed by atoms with Crippen molar-refractivity contribution in [3.63, 3.8) is 0 Å². The predicted molar refractivity (Wildman–Crippen MR) is 62.7 cm³/mol. The molecule has 0 aromatic rings. The monoisotopic (exact) mass is 235 g/mol. The highest BCUT2D eigenvalue weighted by Crippen LogP contribution is 1.84. The topological polar surface area (TPSA) is 60.0 Å². The van der Waals surface area contributed by atoms with Gasteiger partial charge in [-0.3, -0.25) is 0 Å². The molecule has 0 fully saturated rings. The van der Waals surface area contributed by atoms with Crippen molar-refractivity contribution in [2.45, 2.75) is 12.8 Å². The fraction of sp³-hybridized carbons (Fsp3) is 1.00. The number of ether oxygens (including phenoxy) is 3. The van der Waals surface area contributed by atoms with E-state index >= 15 is 0 Å². The van der Waals surface area contributed by atoms with Gasteiger partial charge in [0.2, 0.25) is 0 Å². The third-order valence-corrected chi connectivity index (χ3v) is 1.95. The number of rotatable bonds is 13. The van der Waals surface area contributed by atoms with Gasteiger partial charge < -0.3 is 24.6 Å². The van der Waals surface area contributed by atoms with E-state index in [2.05, 4.69) is 5.32 Å². The number of hydrogen-bond acceptors (Lipinski definition) is 5. The summed E-state index contributed by atoms with van der Waals surface area (Å²) in [5, 5.41) is 11.8. The first kappa shape index (κ1) is 15.8. The minimum atomic E-state index is 0.103. The van der Waals surface area contributed by atoms with Gasteiger partial charge in [0.25, 0.3) is 0 Å². The second-order valence-electron chi connectivity index (χ2n) is 3.40. The normalized spacial score (nSPS) is 10.9. The Bertz CT molecular complexity index is 111. The van der Waals surface area contributed by atoms with E-state index in [1.165, 1.54) is 0 Å². The number of hydrogen-bond donors (Lipinski definition) is 2. The van der Waals surface area contributed by atoms with Crippen LogP contribution in [0.1, 0.15) is 12.8 Å². The zero-order valence-electron chi connectivity index (χ0n) is 10.2. The van der Waals surface area contributed by atoms with Gasteiger partial charge in [0.1, 0.15) is 0 Å². The van der Waals surface area contributed by atoms with E-state index in [4.69, 9.17) is 19.3 Å². The van der Waals surface area contributed by atoms with Crippen molar-refractivity contribution >= 4 is 0 Å². The van der Waals surface area contributed by atoms with Gasteiger partial charge in [0.15, 0.2) is 0 Å². The average molecular weight is 235 g/mol. The summed E-state index contributed by atoms with van der Waals surface area (Å²) >= 11 is 0. The van der Waals surface area contributed by atoms with Crippen LogP contribution in [0.5, 0.6) is 0 Å². The molecule has 0 saturated heterocycles. The van der Waals surface area contributed by atoms with Crippen LogP contribution in [0.2, 0.25) is 0 Å². The Morgan fingerprint density at radius 2 is 1.50 bits per heavy atom. The van der Waals surface area contributed by atoms with Gasteiger partial charge in [0, 0.05) is 20.3 Å². The summed E-state index contributed by atoms with van der Waals surface area (Å²) in [6.45, 7) is 5.27. The van der Waals surface area contributed by atoms with Gasteiger partial charge in [-0.2, -0.15) is 0 Å². The fourth-order valence-electron chi connectivity index (χ4n) is 1.13. The summed E-state index contributed by atoms with van der Waals surface area (Å²) in [5.74, 6) is 0. The standard InChI is InChI=1S/C11H25NO4/c1-14-10-11-16-8-3-5-12-4-2-7-15-9-6-13/h12-13H,2-11H2,1H3. The molecule has 98 valence electrons. The van der Waals surface area contributed by atoms with Crippen molar-refractivity contribution in [3.8, 4) is 0 Å². The Hall–Kier alpha value is -0.200. The van der Waals surface area contributed by atoms with Gasteiger partial charge >= 0.3 is 0 Å². The zero-order valence-corrected chi connectivity index (χ0v) is 10.2. The largest absolute Gasteiger partial charge is 0.394 e. The highest BCUT2D eigenvalue weighted by atomic mass is 16.5. The minimum absolute atomic E-state index is 0.103. The lowest BCUT2D eigenvalue weighted by Gasteiger charge is -2.06. The lowest BCUT2D eigenvalue weighted by molar-refractivity contribution is 0.0692. The number of nitrogens with one attached hydrogen (secondary N) is 1. The molecule has 0 aliphatic carbocycles. The summed E-state index contributed by atoms with van der Waals surface area (Å²) in [6, 6.07) is 0. The fourth-order valence-corrected chi connectivity index (χ4v) is 1.13. The van der Waals surface area contributed by atoms with Crippen molar-refractivity contribution in [1.29, 1.82) is 0 Å². The van der Waals surface area contributed by atoms with Gasteiger partial charge in [-0.25, -0.2) is 0 Å². The molecular weight excluding hydrogens is 210 g/mol. The molecule has 0 heterocycles. The Labute approximate surface area is 98.1 Å². The molecule has 0 radical (unpaired) electrons. The summed E-state index contributed by atoms with van der Waals surface area (Å²) in [6.07, 6.45) is 1.99. The van der Waals surface area contributed by atoms with Crippen molar-refractivity contribution in [2.75, 3.05) is 59.8 Å². The molecule has 0 atom stereocenters. The quantitative estimate of drug-likeness (QED) is 0.441. The van der Waals surface area contributed by atoms with E-state index in [-0.39, 0.29) is 6.61 Å². The van der Waals surface area contributed by atoms with E-state index in [1.807, 2.05) is 0 Å². The molecule has 0 amide bonds. The smallest absolute Gasteiger partial charge is 0.0700 e. The van der Waals surface area contributed by atoms with E-state index in [0.717, 1.165) is 32.5 Å². The van der Waals surface area contributed by atoms with E-state index in [0.29, 0.717) is 26.4 Å². The van der Waals surface area contributed by atoms with Crippen LogP contribution in [0.4, 0.5) is 0 Å². The highest BCUT2D eigenvalue weighted by Gasteiger charge is 1.91. The second-order valence-corrected chi connectivity index (χ2v) is 3.40. The first-order valence-corrected chi connectivity index (χ1v) is 5.87. The van der Waals surface area contributed by atoms with Crippen LogP contribution in [-0.4, -0.2) is 64.9 Å².